The third kappa shape index (κ3) is 2.96. The first-order chi connectivity index (χ1) is 11.8. The van der Waals surface area contributed by atoms with Crippen LogP contribution in [0.25, 0.3) is 16.7 Å². The van der Waals surface area contributed by atoms with Crippen molar-refractivity contribution in [2.75, 3.05) is 5.75 Å². The lowest BCUT2D eigenvalue weighted by molar-refractivity contribution is 0.102. The molecule has 0 amide bonds. The van der Waals surface area contributed by atoms with Gasteiger partial charge in [-0.25, -0.2) is 9.97 Å². The molecule has 0 saturated heterocycles. The summed E-state index contributed by atoms with van der Waals surface area (Å²) in [6.07, 6.45) is 5.32. The number of rotatable bonds is 5. The Morgan fingerprint density at radius 3 is 2.71 bits per heavy atom. The van der Waals surface area contributed by atoms with Gasteiger partial charge in [-0.05, 0) is 36.4 Å². The van der Waals surface area contributed by atoms with Crippen LogP contribution in [-0.2, 0) is 0 Å². The predicted molar refractivity (Wildman–Crippen MR) is 94.7 cm³/mol. The summed E-state index contributed by atoms with van der Waals surface area (Å²) >= 11 is 1.42. The van der Waals surface area contributed by atoms with E-state index in [-0.39, 0.29) is 5.78 Å². The van der Waals surface area contributed by atoms with Gasteiger partial charge in [0.05, 0.1) is 23.1 Å². The molecule has 0 fully saturated rings. The molecule has 0 aliphatic heterocycles. The van der Waals surface area contributed by atoms with Crippen molar-refractivity contribution in [1.82, 2.24) is 19.5 Å². The van der Waals surface area contributed by atoms with Crippen molar-refractivity contribution in [1.29, 1.82) is 0 Å². The molecule has 0 atom stereocenters. The number of carbonyl (C=O) groups excluding carboxylic acids is 1. The Morgan fingerprint density at radius 2 is 1.96 bits per heavy atom. The minimum Gasteiger partial charge on any atom is -0.333 e. The van der Waals surface area contributed by atoms with Crippen LogP contribution in [0.15, 0.2) is 72.4 Å². The number of imidazole rings is 2. The second kappa shape index (κ2) is 6.33. The SMILES string of the molecule is O=C(CSc1nc2ccccc2[nH]1)c1ccc(-n2ccnc2)cc1. The highest BCUT2D eigenvalue weighted by Gasteiger charge is 2.09. The maximum Gasteiger partial charge on any atom is 0.173 e. The third-order valence-electron chi connectivity index (χ3n) is 3.70. The van der Waals surface area contributed by atoms with E-state index in [1.165, 1.54) is 11.8 Å². The monoisotopic (exact) mass is 334 g/mol. The molecule has 0 aliphatic rings. The molecule has 0 bridgehead atoms. The number of nitrogens with one attached hydrogen (secondary N) is 1. The molecule has 0 saturated carbocycles. The summed E-state index contributed by atoms with van der Waals surface area (Å²) in [4.78, 5) is 24.1. The average Bonchev–Trinajstić information content (AvgIpc) is 3.29. The van der Waals surface area contributed by atoms with Crippen molar-refractivity contribution < 1.29 is 4.79 Å². The van der Waals surface area contributed by atoms with Gasteiger partial charge in [-0.2, -0.15) is 0 Å². The van der Waals surface area contributed by atoms with E-state index in [2.05, 4.69) is 15.0 Å². The highest BCUT2D eigenvalue weighted by molar-refractivity contribution is 7.99. The van der Waals surface area contributed by atoms with E-state index in [1.54, 1.807) is 12.5 Å². The topological polar surface area (TPSA) is 63.6 Å². The van der Waals surface area contributed by atoms with Crippen molar-refractivity contribution >= 4 is 28.6 Å². The molecule has 2 heterocycles. The van der Waals surface area contributed by atoms with Crippen LogP contribution in [0.4, 0.5) is 0 Å². The summed E-state index contributed by atoms with van der Waals surface area (Å²) < 4.78 is 1.90. The number of hydrogen-bond acceptors (Lipinski definition) is 4. The lowest BCUT2D eigenvalue weighted by Gasteiger charge is -2.04. The van der Waals surface area contributed by atoms with Crippen LogP contribution < -0.4 is 0 Å². The molecule has 5 nitrogen and oxygen atoms in total. The highest BCUT2D eigenvalue weighted by Crippen LogP contribution is 2.20. The van der Waals surface area contributed by atoms with E-state index in [0.29, 0.717) is 11.3 Å². The number of para-hydroxylation sites is 2. The molecule has 1 N–H and O–H groups in total. The average molecular weight is 334 g/mol. The van der Waals surface area contributed by atoms with Crippen LogP contribution in [0.5, 0.6) is 0 Å². The summed E-state index contributed by atoms with van der Waals surface area (Å²) in [5.74, 6) is 0.433. The molecule has 24 heavy (non-hydrogen) atoms. The number of aromatic nitrogens is 4. The molecule has 4 aromatic rings. The smallest absolute Gasteiger partial charge is 0.173 e. The quantitative estimate of drug-likeness (QED) is 0.446. The number of nitrogens with zero attached hydrogens (tertiary/aromatic N) is 3. The predicted octanol–water partition coefficient (Wildman–Crippen LogP) is 3.72. The van der Waals surface area contributed by atoms with Gasteiger partial charge in [0.1, 0.15) is 0 Å². The summed E-state index contributed by atoms with van der Waals surface area (Å²) in [7, 11) is 0. The number of ketones is 1. The van der Waals surface area contributed by atoms with Gasteiger partial charge in [0.2, 0.25) is 0 Å². The molecule has 4 rings (SSSR count). The number of thioether (sulfide) groups is 1. The molecule has 0 radical (unpaired) electrons. The van der Waals surface area contributed by atoms with Gasteiger partial charge in [0.25, 0.3) is 0 Å². The Balaban J connectivity index is 1.44. The first-order valence-corrected chi connectivity index (χ1v) is 8.47. The second-order valence-corrected chi connectivity index (χ2v) is 6.25. The first kappa shape index (κ1) is 14.7. The molecular weight excluding hydrogens is 320 g/mol. The minimum absolute atomic E-state index is 0.0811. The molecular formula is C18H14N4OS. The van der Waals surface area contributed by atoms with E-state index in [4.69, 9.17) is 0 Å². The molecule has 0 aliphatic carbocycles. The van der Waals surface area contributed by atoms with E-state index in [0.717, 1.165) is 21.9 Å². The maximum absolute atomic E-state index is 12.3. The number of benzene rings is 2. The fraction of sp³-hybridized carbons (Fsp3) is 0.0556. The fourth-order valence-electron chi connectivity index (χ4n) is 2.45. The summed E-state index contributed by atoms with van der Waals surface area (Å²) in [5.41, 5.74) is 3.57. The van der Waals surface area contributed by atoms with Gasteiger partial charge in [0.15, 0.2) is 10.9 Å². The van der Waals surface area contributed by atoms with Crippen molar-refractivity contribution in [2.45, 2.75) is 5.16 Å². The van der Waals surface area contributed by atoms with Gasteiger partial charge in [0, 0.05) is 23.6 Å². The molecule has 118 valence electrons. The van der Waals surface area contributed by atoms with E-state index in [9.17, 15) is 4.79 Å². The van der Waals surface area contributed by atoms with Crippen LogP contribution in [-0.4, -0.2) is 31.1 Å². The summed E-state index contributed by atoms with van der Waals surface area (Å²) in [5, 5.41) is 0.764. The lowest BCUT2D eigenvalue weighted by atomic mass is 10.1. The molecule has 0 unspecified atom stereocenters. The number of fused-ring (bicyclic) bond motifs is 1. The standard InChI is InChI=1S/C18H14N4OS/c23-17(11-24-18-20-15-3-1-2-4-16(15)21-18)13-5-7-14(8-6-13)22-10-9-19-12-22/h1-10,12H,11H2,(H,20,21). The van der Waals surface area contributed by atoms with E-state index in [1.807, 2.05) is 59.3 Å². The number of aromatic amines is 1. The fourth-order valence-corrected chi connectivity index (χ4v) is 3.23. The Kier molecular flexibility index (Phi) is 3.88. The highest BCUT2D eigenvalue weighted by atomic mass is 32.2. The zero-order valence-electron chi connectivity index (χ0n) is 12.7. The number of Topliss-reactive ketones (excluding diaryl/α,β-unsaturated/α-hetero) is 1. The van der Waals surface area contributed by atoms with Gasteiger partial charge < -0.3 is 9.55 Å². The summed E-state index contributed by atoms with van der Waals surface area (Å²) in [6, 6.07) is 15.4. The van der Waals surface area contributed by atoms with Gasteiger partial charge in [-0.3, -0.25) is 4.79 Å². The third-order valence-corrected chi connectivity index (χ3v) is 4.57. The molecule has 6 heteroatoms. The normalized spacial score (nSPS) is 11.0. The Bertz CT molecular complexity index is 941. The zero-order valence-corrected chi connectivity index (χ0v) is 13.5. The van der Waals surface area contributed by atoms with Crippen LogP contribution >= 0.6 is 11.8 Å². The van der Waals surface area contributed by atoms with Crippen LogP contribution in [0.2, 0.25) is 0 Å². The van der Waals surface area contributed by atoms with Gasteiger partial charge in [-0.15, -0.1) is 0 Å². The van der Waals surface area contributed by atoms with Gasteiger partial charge in [-0.1, -0.05) is 23.9 Å². The molecule has 2 aromatic heterocycles. The van der Waals surface area contributed by atoms with Crippen LogP contribution in [0, 0.1) is 0 Å². The Labute approximate surface area is 142 Å². The first-order valence-electron chi connectivity index (χ1n) is 7.49. The van der Waals surface area contributed by atoms with Crippen molar-refractivity contribution in [3.05, 3.63) is 72.8 Å². The maximum atomic E-state index is 12.3. The van der Waals surface area contributed by atoms with Gasteiger partial charge >= 0.3 is 0 Å². The lowest BCUT2D eigenvalue weighted by Crippen LogP contribution is -2.03. The van der Waals surface area contributed by atoms with Crippen molar-refractivity contribution in [2.24, 2.45) is 0 Å². The van der Waals surface area contributed by atoms with Crippen molar-refractivity contribution in [3.8, 4) is 5.69 Å². The second-order valence-electron chi connectivity index (χ2n) is 5.29. The Morgan fingerprint density at radius 1 is 1.12 bits per heavy atom. The minimum atomic E-state index is 0.0811. The van der Waals surface area contributed by atoms with E-state index < -0.39 is 0 Å². The summed E-state index contributed by atoms with van der Waals surface area (Å²) in [6.45, 7) is 0. The molecule has 2 aromatic carbocycles. The number of carbonyl (C=O) groups is 1. The van der Waals surface area contributed by atoms with Crippen LogP contribution in [0.3, 0.4) is 0 Å². The number of H-pyrrole nitrogens is 1. The van der Waals surface area contributed by atoms with E-state index >= 15 is 0 Å². The number of hydrogen-bond donors (Lipinski definition) is 1. The van der Waals surface area contributed by atoms with Crippen molar-refractivity contribution in [3.63, 3.8) is 0 Å². The zero-order chi connectivity index (χ0) is 16.4. The Hall–Kier alpha value is -2.86. The molecule has 0 spiro atoms. The van der Waals surface area contributed by atoms with Crippen LogP contribution in [0.1, 0.15) is 10.4 Å². The largest absolute Gasteiger partial charge is 0.333 e.